The first-order valence-corrected chi connectivity index (χ1v) is 5.50. The van der Waals surface area contributed by atoms with E-state index < -0.39 is 0 Å². The average molecular weight is 189 g/mol. The second-order valence-corrected chi connectivity index (χ2v) is 4.37. The molecule has 2 saturated carbocycles. The quantitative estimate of drug-likeness (QED) is 0.793. The molecule has 74 valence electrons. The van der Waals surface area contributed by atoms with Gasteiger partial charge in [-0.05, 0) is 32.1 Å². The molecule has 3 heteroatoms. The zero-order valence-corrected chi connectivity index (χ0v) is 8.24. The average Bonchev–Trinajstić information content (AvgIpc) is 2.95. The molecule has 2 aliphatic rings. The summed E-state index contributed by atoms with van der Waals surface area (Å²) in [7, 11) is 0. The van der Waals surface area contributed by atoms with Gasteiger partial charge in [-0.2, -0.15) is 0 Å². The van der Waals surface area contributed by atoms with Crippen LogP contribution in [0.3, 0.4) is 0 Å². The topological polar surface area (TPSA) is 37.8 Å². The molecule has 2 aliphatic carbocycles. The molecule has 0 aliphatic heterocycles. The van der Waals surface area contributed by atoms with Crippen LogP contribution >= 0.6 is 0 Å². The van der Waals surface area contributed by atoms with Crippen molar-refractivity contribution >= 4 is 5.82 Å². The maximum Gasteiger partial charge on any atom is 0.129 e. The Balaban J connectivity index is 1.72. The summed E-state index contributed by atoms with van der Waals surface area (Å²) >= 11 is 0. The van der Waals surface area contributed by atoms with Gasteiger partial charge < -0.3 is 5.32 Å². The normalized spacial score (nSPS) is 21.7. The largest absolute Gasteiger partial charge is 0.367 e. The van der Waals surface area contributed by atoms with Crippen molar-refractivity contribution in [3.63, 3.8) is 0 Å². The molecule has 1 heterocycles. The van der Waals surface area contributed by atoms with E-state index in [1.54, 1.807) is 6.33 Å². The van der Waals surface area contributed by atoms with Crippen molar-refractivity contribution in [2.24, 2.45) is 0 Å². The van der Waals surface area contributed by atoms with Crippen LogP contribution in [0.5, 0.6) is 0 Å². The lowest BCUT2D eigenvalue weighted by atomic mass is 9.93. The minimum atomic E-state index is 0.664. The fourth-order valence-electron chi connectivity index (χ4n) is 1.82. The number of anilines is 1. The number of nitrogens with one attached hydrogen (secondary N) is 1. The van der Waals surface area contributed by atoms with E-state index in [0.29, 0.717) is 6.04 Å². The smallest absolute Gasteiger partial charge is 0.129 e. The molecule has 0 saturated heterocycles. The molecule has 0 amide bonds. The van der Waals surface area contributed by atoms with Crippen LogP contribution in [-0.2, 0) is 0 Å². The highest BCUT2D eigenvalue weighted by Gasteiger charge is 2.25. The third-order valence-corrected chi connectivity index (χ3v) is 3.14. The third kappa shape index (κ3) is 1.59. The van der Waals surface area contributed by atoms with Gasteiger partial charge in [-0.25, -0.2) is 9.97 Å². The predicted octanol–water partition coefficient (Wildman–Crippen LogP) is 2.32. The fourth-order valence-corrected chi connectivity index (χ4v) is 1.82. The van der Waals surface area contributed by atoms with Gasteiger partial charge in [0.1, 0.15) is 12.1 Å². The zero-order valence-electron chi connectivity index (χ0n) is 8.24. The van der Waals surface area contributed by atoms with Gasteiger partial charge in [-0.1, -0.05) is 0 Å². The minimum Gasteiger partial charge on any atom is -0.367 e. The van der Waals surface area contributed by atoms with E-state index >= 15 is 0 Å². The maximum atomic E-state index is 4.30. The summed E-state index contributed by atoms with van der Waals surface area (Å²) in [6, 6.07) is 2.78. The Morgan fingerprint density at radius 2 is 2.00 bits per heavy atom. The summed E-state index contributed by atoms with van der Waals surface area (Å²) in [5.74, 6) is 1.74. The molecular weight excluding hydrogens is 174 g/mol. The van der Waals surface area contributed by atoms with Crippen molar-refractivity contribution in [2.75, 3.05) is 5.32 Å². The van der Waals surface area contributed by atoms with Crippen LogP contribution in [0.2, 0.25) is 0 Å². The predicted molar refractivity (Wildman–Crippen MR) is 55.3 cm³/mol. The number of hydrogen-bond acceptors (Lipinski definition) is 3. The van der Waals surface area contributed by atoms with Crippen molar-refractivity contribution in [3.8, 4) is 0 Å². The van der Waals surface area contributed by atoms with Gasteiger partial charge >= 0.3 is 0 Å². The molecule has 3 nitrogen and oxygen atoms in total. The molecule has 3 rings (SSSR count). The van der Waals surface area contributed by atoms with E-state index in [2.05, 4.69) is 21.4 Å². The Labute approximate surface area is 84.0 Å². The van der Waals surface area contributed by atoms with E-state index in [4.69, 9.17) is 0 Å². The lowest BCUT2D eigenvalue weighted by Gasteiger charge is -2.26. The van der Waals surface area contributed by atoms with Crippen molar-refractivity contribution < 1.29 is 0 Å². The van der Waals surface area contributed by atoms with E-state index in [0.717, 1.165) is 11.7 Å². The first-order valence-electron chi connectivity index (χ1n) is 5.50. The first-order chi connectivity index (χ1) is 6.92. The maximum absolute atomic E-state index is 4.30. The van der Waals surface area contributed by atoms with Crippen LogP contribution in [0, 0.1) is 0 Å². The van der Waals surface area contributed by atoms with Crippen LogP contribution in [0.1, 0.15) is 43.7 Å². The Morgan fingerprint density at radius 1 is 1.14 bits per heavy atom. The minimum absolute atomic E-state index is 0.664. The molecular formula is C11H15N3. The van der Waals surface area contributed by atoms with Crippen molar-refractivity contribution in [1.82, 2.24) is 9.97 Å². The van der Waals surface area contributed by atoms with Gasteiger partial charge in [0.2, 0.25) is 0 Å². The Kier molecular flexibility index (Phi) is 1.89. The Bertz CT molecular complexity index is 329. The van der Waals surface area contributed by atoms with Crippen LogP contribution in [0.15, 0.2) is 12.4 Å². The molecule has 0 spiro atoms. The highest BCUT2D eigenvalue weighted by Crippen LogP contribution is 2.39. The SMILES string of the molecule is c1nc(NC2CCC2)cc(C2CC2)n1. The second-order valence-electron chi connectivity index (χ2n) is 4.37. The van der Waals surface area contributed by atoms with Gasteiger partial charge in [0, 0.05) is 23.7 Å². The van der Waals surface area contributed by atoms with Gasteiger partial charge in [0.25, 0.3) is 0 Å². The number of aromatic nitrogens is 2. The fraction of sp³-hybridized carbons (Fsp3) is 0.636. The molecule has 1 aromatic heterocycles. The number of rotatable bonds is 3. The molecule has 0 bridgehead atoms. The molecule has 1 N–H and O–H groups in total. The van der Waals surface area contributed by atoms with Gasteiger partial charge in [-0.3, -0.25) is 0 Å². The second kappa shape index (κ2) is 3.23. The summed E-state index contributed by atoms with van der Waals surface area (Å²) in [4.78, 5) is 8.55. The monoisotopic (exact) mass is 189 g/mol. The Morgan fingerprint density at radius 3 is 2.64 bits per heavy atom. The lowest BCUT2D eigenvalue weighted by Crippen LogP contribution is -2.27. The van der Waals surface area contributed by atoms with Crippen molar-refractivity contribution in [3.05, 3.63) is 18.1 Å². The standard InChI is InChI=1S/C11H15N3/c1-2-9(3-1)14-11-6-10(8-4-5-8)12-7-13-11/h6-9H,1-5H2,(H,12,13,14). The highest BCUT2D eigenvalue weighted by atomic mass is 15.0. The van der Waals surface area contributed by atoms with Crippen LogP contribution in [0.25, 0.3) is 0 Å². The molecule has 1 aromatic rings. The molecule has 0 radical (unpaired) electrons. The number of hydrogen-bond donors (Lipinski definition) is 1. The van der Waals surface area contributed by atoms with Crippen LogP contribution in [-0.4, -0.2) is 16.0 Å². The van der Waals surface area contributed by atoms with Gasteiger partial charge in [0.05, 0.1) is 0 Å². The van der Waals surface area contributed by atoms with Crippen molar-refractivity contribution in [2.45, 2.75) is 44.1 Å². The first kappa shape index (κ1) is 8.21. The van der Waals surface area contributed by atoms with E-state index in [1.807, 2.05) is 0 Å². The molecule has 0 unspecified atom stereocenters. The van der Waals surface area contributed by atoms with Crippen LogP contribution in [0.4, 0.5) is 5.82 Å². The third-order valence-electron chi connectivity index (χ3n) is 3.14. The summed E-state index contributed by atoms with van der Waals surface area (Å²) < 4.78 is 0. The van der Waals surface area contributed by atoms with E-state index in [9.17, 15) is 0 Å². The summed E-state index contributed by atoms with van der Waals surface area (Å²) in [5.41, 5.74) is 1.22. The van der Waals surface area contributed by atoms with Gasteiger partial charge in [-0.15, -0.1) is 0 Å². The summed E-state index contributed by atoms with van der Waals surface area (Å²) in [6.45, 7) is 0. The zero-order chi connectivity index (χ0) is 9.38. The van der Waals surface area contributed by atoms with Gasteiger partial charge in [0.15, 0.2) is 0 Å². The summed E-state index contributed by atoms with van der Waals surface area (Å²) in [6.07, 6.45) is 8.25. The molecule has 2 fully saturated rings. The number of nitrogens with zero attached hydrogens (tertiary/aromatic N) is 2. The van der Waals surface area contributed by atoms with E-state index in [1.165, 1.54) is 37.8 Å². The van der Waals surface area contributed by atoms with E-state index in [-0.39, 0.29) is 0 Å². The van der Waals surface area contributed by atoms with Crippen molar-refractivity contribution in [1.29, 1.82) is 0 Å². The highest BCUT2D eigenvalue weighted by molar-refractivity contribution is 5.38. The molecule has 14 heavy (non-hydrogen) atoms. The lowest BCUT2D eigenvalue weighted by molar-refractivity contribution is 0.444. The molecule has 0 aromatic carbocycles. The Hall–Kier alpha value is -1.12. The molecule has 0 atom stereocenters. The van der Waals surface area contributed by atoms with Crippen LogP contribution < -0.4 is 5.32 Å². The summed E-state index contributed by atoms with van der Waals surface area (Å²) in [5, 5.41) is 3.45.